The van der Waals surface area contributed by atoms with E-state index < -0.39 is 5.97 Å². The zero-order chi connectivity index (χ0) is 15.3. The van der Waals surface area contributed by atoms with Crippen LogP contribution in [0.2, 0.25) is 10.0 Å². The molecule has 0 fully saturated rings. The molecule has 1 aromatic carbocycles. The van der Waals surface area contributed by atoms with E-state index in [0.29, 0.717) is 16.6 Å². The molecule has 1 atom stereocenters. The number of carbonyl (C=O) groups is 1. The lowest BCUT2D eigenvalue weighted by molar-refractivity contribution is -0.138. The highest BCUT2D eigenvalue weighted by Crippen LogP contribution is 2.28. The summed E-state index contributed by atoms with van der Waals surface area (Å²) in [5.74, 6) is -0.837. The SMILES string of the molecule is CC(c1ccc(Cl)c(Cl)c1)N(CCN(C)C)CC(=O)O. The summed E-state index contributed by atoms with van der Waals surface area (Å²) in [6, 6.07) is 5.36. The van der Waals surface area contributed by atoms with Crippen LogP contribution in [0.5, 0.6) is 0 Å². The molecule has 0 saturated carbocycles. The van der Waals surface area contributed by atoms with Crippen molar-refractivity contribution in [3.63, 3.8) is 0 Å². The predicted molar refractivity (Wildman–Crippen MR) is 82.6 cm³/mol. The fraction of sp³-hybridized carbons (Fsp3) is 0.500. The van der Waals surface area contributed by atoms with E-state index in [1.165, 1.54) is 0 Å². The molecule has 1 aromatic rings. The molecule has 4 nitrogen and oxygen atoms in total. The van der Waals surface area contributed by atoms with Crippen molar-refractivity contribution >= 4 is 29.2 Å². The minimum absolute atomic E-state index is 0.00471. The van der Waals surface area contributed by atoms with Gasteiger partial charge in [-0.3, -0.25) is 9.69 Å². The fourth-order valence-electron chi connectivity index (χ4n) is 1.89. The molecule has 0 spiro atoms. The average molecular weight is 319 g/mol. The second-order valence-corrected chi connectivity index (χ2v) is 5.83. The molecule has 0 aliphatic rings. The zero-order valence-corrected chi connectivity index (χ0v) is 13.4. The first-order chi connectivity index (χ1) is 9.31. The van der Waals surface area contributed by atoms with Crippen molar-refractivity contribution in [2.75, 3.05) is 33.7 Å². The first-order valence-electron chi connectivity index (χ1n) is 6.36. The minimum atomic E-state index is -0.837. The molecule has 20 heavy (non-hydrogen) atoms. The summed E-state index contributed by atoms with van der Waals surface area (Å²) in [6.07, 6.45) is 0. The Labute approximate surface area is 129 Å². The van der Waals surface area contributed by atoms with Gasteiger partial charge in [0.25, 0.3) is 0 Å². The molecule has 0 bridgehead atoms. The summed E-state index contributed by atoms with van der Waals surface area (Å²) >= 11 is 11.9. The first kappa shape index (κ1) is 17.2. The number of nitrogens with zero attached hydrogens (tertiary/aromatic N) is 2. The van der Waals surface area contributed by atoms with E-state index in [-0.39, 0.29) is 12.6 Å². The molecule has 0 aromatic heterocycles. The van der Waals surface area contributed by atoms with E-state index in [9.17, 15) is 4.79 Å². The molecule has 0 radical (unpaired) electrons. The number of carboxylic acids is 1. The van der Waals surface area contributed by atoms with Gasteiger partial charge in [-0.05, 0) is 38.7 Å². The van der Waals surface area contributed by atoms with Crippen LogP contribution in [-0.2, 0) is 4.79 Å². The van der Waals surface area contributed by atoms with Crippen molar-refractivity contribution in [3.8, 4) is 0 Å². The van der Waals surface area contributed by atoms with Gasteiger partial charge < -0.3 is 10.0 Å². The minimum Gasteiger partial charge on any atom is -0.480 e. The summed E-state index contributed by atoms with van der Waals surface area (Å²) in [5, 5.41) is 10.0. The van der Waals surface area contributed by atoms with Crippen molar-refractivity contribution in [2.24, 2.45) is 0 Å². The van der Waals surface area contributed by atoms with E-state index in [0.717, 1.165) is 12.1 Å². The normalized spacial score (nSPS) is 12.9. The molecule has 1 rings (SSSR count). The number of hydrogen-bond acceptors (Lipinski definition) is 3. The molecule has 1 unspecified atom stereocenters. The maximum absolute atomic E-state index is 11.0. The van der Waals surface area contributed by atoms with Gasteiger partial charge >= 0.3 is 5.97 Å². The van der Waals surface area contributed by atoms with Gasteiger partial charge in [0, 0.05) is 19.1 Å². The highest BCUT2D eigenvalue weighted by atomic mass is 35.5. The largest absolute Gasteiger partial charge is 0.480 e. The number of likely N-dealkylation sites (N-methyl/N-ethyl adjacent to an activating group) is 1. The Morgan fingerprint density at radius 1 is 1.25 bits per heavy atom. The van der Waals surface area contributed by atoms with Gasteiger partial charge in [-0.25, -0.2) is 0 Å². The van der Waals surface area contributed by atoms with Gasteiger partial charge in [-0.1, -0.05) is 29.3 Å². The Bertz CT molecular complexity index is 466. The van der Waals surface area contributed by atoms with Crippen LogP contribution < -0.4 is 0 Å². The van der Waals surface area contributed by atoms with Crippen LogP contribution in [0.3, 0.4) is 0 Å². The number of rotatable bonds is 7. The Balaban J connectivity index is 2.87. The van der Waals surface area contributed by atoms with E-state index >= 15 is 0 Å². The Hall–Kier alpha value is -0.810. The quantitative estimate of drug-likeness (QED) is 0.839. The lowest BCUT2D eigenvalue weighted by Crippen LogP contribution is -2.37. The van der Waals surface area contributed by atoms with E-state index in [1.54, 1.807) is 12.1 Å². The van der Waals surface area contributed by atoms with Gasteiger partial charge in [-0.2, -0.15) is 0 Å². The van der Waals surface area contributed by atoms with Crippen LogP contribution in [0.4, 0.5) is 0 Å². The van der Waals surface area contributed by atoms with Gasteiger partial charge in [0.2, 0.25) is 0 Å². The third-order valence-electron chi connectivity index (χ3n) is 3.15. The maximum atomic E-state index is 11.0. The molecule has 6 heteroatoms. The van der Waals surface area contributed by atoms with Gasteiger partial charge in [-0.15, -0.1) is 0 Å². The number of aliphatic carboxylic acids is 1. The molecular formula is C14H20Cl2N2O2. The lowest BCUT2D eigenvalue weighted by atomic mass is 10.1. The van der Waals surface area contributed by atoms with Crippen molar-refractivity contribution in [2.45, 2.75) is 13.0 Å². The maximum Gasteiger partial charge on any atom is 0.317 e. The van der Waals surface area contributed by atoms with E-state index in [1.807, 2.05) is 36.9 Å². The topological polar surface area (TPSA) is 43.8 Å². The van der Waals surface area contributed by atoms with Crippen molar-refractivity contribution in [1.29, 1.82) is 0 Å². The van der Waals surface area contributed by atoms with Gasteiger partial charge in [0.15, 0.2) is 0 Å². The predicted octanol–water partition coefficient (Wildman–Crippen LogP) is 3.00. The standard InChI is InChI=1S/C14H20Cl2N2O2/c1-10(11-4-5-12(15)13(16)8-11)18(9-14(19)20)7-6-17(2)3/h4-5,8,10H,6-7,9H2,1-3H3,(H,19,20). The fourth-order valence-corrected chi connectivity index (χ4v) is 2.20. The molecule has 0 saturated heterocycles. The number of carboxylic acid groups (broad SMARTS) is 1. The first-order valence-corrected chi connectivity index (χ1v) is 7.12. The number of hydrogen-bond donors (Lipinski definition) is 1. The summed E-state index contributed by atoms with van der Waals surface area (Å²) in [7, 11) is 3.92. The molecule has 0 aliphatic carbocycles. The third-order valence-corrected chi connectivity index (χ3v) is 3.89. The monoisotopic (exact) mass is 318 g/mol. The number of benzene rings is 1. The van der Waals surface area contributed by atoms with Crippen LogP contribution in [0.1, 0.15) is 18.5 Å². The zero-order valence-electron chi connectivity index (χ0n) is 11.9. The Morgan fingerprint density at radius 3 is 2.40 bits per heavy atom. The third kappa shape index (κ3) is 5.29. The summed E-state index contributed by atoms with van der Waals surface area (Å²) < 4.78 is 0. The van der Waals surface area contributed by atoms with Crippen LogP contribution in [0.25, 0.3) is 0 Å². The Kier molecular flexibility index (Phi) is 6.76. The van der Waals surface area contributed by atoms with Gasteiger partial charge in [0.1, 0.15) is 0 Å². The summed E-state index contributed by atoms with van der Waals surface area (Å²) in [5.41, 5.74) is 0.958. The number of halogens is 2. The smallest absolute Gasteiger partial charge is 0.317 e. The molecule has 0 amide bonds. The molecular weight excluding hydrogens is 299 g/mol. The lowest BCUT2D eigenvalue weighted by Gasteiger charge is -2.29. The van der Waals surface area contributed by atoms with Crippen LogP contribution >= 0.6 is 23.2 Å². The van der Waals surface area contributed by atoms with Crippen LogP contribution in [0, 0.1) is 0 Å². The van der Waals surface area contributed by atoms with Crippen molar-refractivity contribution in [3.05, 3.63) is 33.8 Å². The summed E-state index contributed by atoms with van der Waals surface area (Å²) in [6.45, 7) is 3.42. The average Bonchev–Trinajstić information content (AvgIpc) is 2.36. The van der Waals surface area contributed by atoms with Gasteiger partial charge in [0.05, 0.1) is 16.6 Å². The van der Waals surface area contributed by atoms with Crippen molar-refractivity contribution in [1.82, 2.24) is 9.80 Å². The molecule has 0 aliphatic heterocycles. The molecule has 1 N–H and O–H groups in total. The molecule has 112 valence electrons. The van der Waals surface area contributed by atoms with E-state index in [2.05, 4.69) is 0 Å². The van der Waals surface area contributed by atoms with Crippen LogP contribution in [-0.4, -0.2) is 54.6 Å². The molecule has 0 heterocycles. The Morgan fingerprint density at radius 2 is 1.90 bits per heavy atom. The highest BCUT2D eigenvalue weighted by Gasteiger charge is 2.19. The summed E-state index contributed by atoms with van der Waals surface area (Å²) in [4.78, 5) is 14.9. The highest BCUT2D eigenvalue weighted by molar-refractivity contribution is 6.42. The second kappa shape index (κ2) is 7.84. The second-order valence-electron chi connectivity index (χ2n) is 5.02. The van der Waals surface area contributed by atoms with Crippen LogP contribution in [0.15, 0.2) is 18.2 Å². The van der Waals surface area contributed by atoms with Crippen molar-refractivity contribution < 1.29 is 9.90 Å². The van der Waals surface area contributed by atoms with E-state index in [4.69, 9.17) is 28.3 Å².